The minimum absolute atomic E-state index is 0.0197. The molecule has 0 atom stereocenters. The molecular weight excluding hydrogens is 306 g/mol. The molecule has 1 amide bonds. The van der Waals surface area contributed by atoms with E-state index < -0.39 is 0 Å². The Labute approximate surface area is 123 Å². The fourth-order valence-electron chi connectivity index (χ4n) is 2.81. The Morgan fingerprint density at radius 1 is 1.47 bits per heavy atom. The van der Waals surface area contributed by atoms with Gasteiger partial charge in [-0.25, -0.2) is 0 Å². The van der Waals surface area contributed by atoms with Crippen molar-refractivity contribution in [3.05, 3.63) is 17.5 Å². The van der Waals surface area contributed by atoms with Gasteiger partial charge in [0.25, 0.3) is 5.91 Å². The monoisotopic (exact) mass is 327 g/mol. The van der Waals surface area contributed by atoms with Crippen molar-refractivity contribution in [2.24, 2.45) is 7.05 Å². The summed E-state index contributed by atoms with van der Waals surface area (Å²) in [6.07, 6.45) is 8.39. The van der Waals surface area contributed by atoms with Crippen molar-refractivity contribution in [2.45, 2.75) is 51.0 Å². The number of carbonyl (C=O) groups is 1. The van der Waals surface area contributed by atoms with E-state index in [4.69, 9.17) is 0 Å². The molecule has 0 aliphatic heterocycles. The van der Waals surface area contributed by atoms with Crippen molar-refractivity contribution in [1.29, 1.82) is 0 Å². The Balaban J connectivity index is 2.14. The first-order valence-electron chi connectivity index (χ1n) is 7.01. The van der Waals surface area contributed by atoms with Gasteiger partial charge in [0.15, 0.2) is 0 Å². The van der Waals surface area contributed by atoms with E-state index in [1.165, 1.54) is 19.3 Å². The highest BCUT2D eigenvalue weighted by Crippen LogP contribution is 2.30. The van der Waals surface area contributed by atoms with Gasteiger partial charge < -0.3 is 5.32 Å². The third-order valence-corrected chi connectivity index (χ3v) is 5.00. The van der Waals surface area contributed by atoms with Gasteiger partial charge in [0.2, 0.25) is 0 Å². The van der Waals surface area contributed by atoms with Crippen LogP contribution in [0, 0.1) is 0 Å². The quantitative estimate of drug-likeness (QED) is 0.864. The number of hydrogen-bond donors (Lipinski definition) is 1. The van der Waals surface area contributed by atoms with Crippen LogP contribution in [-0.2, 0) is 13.5 Å². The highest BCUT2D eigenvalue weighted by Gasteiger charge is 2.33. The lowest BCUT2D eigenvalue weighted by molar-refractivity contribution is 0.0885. The van der Waals surface area contributed by atoms with Crippen LogP contribution in [-0.4, -0.2) is 26.6 Å². The maximum atomic E-state index is 12.5. The van der Waals surface area contributed by atoms with Crippen molar-refractivity contribution in [1.82, 2.24) is 15.1 Å². The molecule has 1 aromatic rings. The Morgan fingerprint density at radius 3 is 2.74 bits per heavy atom. The molecule has 1 aliphatic carbocycles. The molecule has 2 rings (SSSR count). The zero-order valence-corrected chi connectivity index (χ0v) is 13.3. The van der Waals surface area contributed by atoms with E-state index in [9.17, 15) is 4.79 Å². The zero-order valence-electron chi connectivity index (χ0n) is 11.7. The van der Waals surface area contributed by atoms with Crippen molar-refractivity contribution >= 4 is 21.8 Å². The predicted molar refractivity (Wildman–Crippen MR) is 79.7 cm³/mol. The number of aryl methyl sites for hydroxylation is 2. The molecular formula is C14H22BrN3O. The molecule has 0 saturated heterocycles. The molecule has 1 N–H and O–H groups in total. The van der Waals surface area contributed by atoms with Crippen molar-refractivity contribution < 1.29 is 4.79 Å². The molecule has 0 aromatic carbocycles. The van der Waals surface area contributed by atoms with Gasteiger partial charge in [0.1, 0.15) is 0 Å². The summed E-state index contributed by atoms with van der Waals surface area (Å²) >= 11 is 3.57. The van der Waals surface area contributed by atoms with Gasteiger partial charge in [0, 0.05) is 18.6 Å². The molecule has 19 heavy (non-hydrogen) atoms. The topological polar surface area (TPSA) is 46.9 Å². The number of alkyl halides is 1. The SMILES string of the molecule is CCc1nn(C)cc1C(=O)NC1(CBr)CCCCC1. The third kappa shape index (κ3) is 3.19. The second-order valence-corrected chi connectivity index (χ2v) is 6.01. The summed E-state index contributed by atoms with van der Waals surface area (Å²) in [5.74, 6) is 0.0197. The van der Waals surface area contributed by atoms with Gasteiger partial charge in [-0.3, -0.25) is 9.48 Å². The minimum atomic E-state index is -0.0732. The average molecular weight is 328 g/mol. The number of carbonyl (C=O) groups excluding carboxylic acids is 1. The summed E-state index contributed by atoms with van der Waals surface area (Å²) in [4.78, 5) is 12.5. The normalized spacial score (nSPS) is 18.3. The lowest BCUT2D eigenvalue weighted by Crippen LogP contribution is -2.51. The van der Waals surface area contributed by atoms with E-state index in [-0.39, 0.29) is 11.4 Å². The van der Waals surface area contributed by atoms with Gasteiger partial charge in [-0.2, -0.15) is 5.10 Å². The molecule has 5 heteroatoms. The van der Waals surface area contributed by atoms with Crippen LogP contribution in [0.3, 0.4) is 0 Å². The van der Waals surface area contributed by atoms with Crippen LogP contribution in [0.15, 0.2) is 6.20 Å². The second kappa shape index (κ2) is 6.07. The molecule has 0 spiro atoms. The number of nitrogens with one attached hydrogen (secondary N) is 1. The molecule has 0 radical (unpaired) electrons. The van der Waals surface area contributed by atoms with Gasteiger partial charge in [0.05, 0.1) is 16.8 Å². The van der Waals surface area contributed by atoms with Crippen LogP contribution in [0.2, 0.25) is 0 Å². The summed E-state index contributed by atoms with van der Waals surface area (Å²) < 4.78 is 1.72. The molecule has 0 unspecified atom stereocenters. The van der Waals surface area contributed by atoms with E-state index in [0.717, 1.165) is 35.8 Å². The van der Waals surface area contributed by atoms with E-state index >= 15 is 0 Å². The molecule has 1 aliphatic rings. The van der Waals surface area contributed by atoms with Gasteiger partial charge >= 0.3 is 0 Å². The van der Waals surface area contributed by atoms with E-state index in [1.54, 1.807) is 4.68 Å². The summed E-state index contributed by atoms with van der Waals surface area (Å²) in [5, 5.41) is 8.41. The molecule has 1 heterocycles. The summed E-state index contributed by atoms with van der Waals surface area (Å²) in [6, 6.07) is 0. The van der Waals surface area contributed by atoms with Crippen LogP contribution in [0.1, 0.15) is 55.1 Å². The summed E-state index contributed by atoms with van der Waals surface area (Å²) in [6.45, 7) is 2.03. The molecule has 0 bridgehead atoms. The summed E-state index contributed by atoms with van der Waals surface area (Å²) in [7, 11) is 1.86. The largest absolute Gasteiger partial charge is 0.346 e. The van der Waals surface area contributed by atoms with Crippen LogP contribution < -0.4 is 5.32 Å². The lowest BCUT2D eigenvalue weighted by atomic mass is 9.83. The smallest absolute Gasteiger partial charge is 0.255 e. The Morgan fingerprint density at radius 2 is 2.16 bits per heavy atom. The maximum absolute atomic E-state index is 12.5. The average Bonchev–Trinajstić information content (AvgIpc) is 2.81. The number of halogens is 1. The van der Waals surface area contributed by atoms with Crippen LogP contribution >= 0.6 is 15.9 Å². The highest BCUT2D eigenvalue weighted by atomic mass is 79.9. The number of nitrogens with zero attached hydrogens (tertiary/aromatic N) is 2. The standard InChI is InChI=1S/C14H22BrN3O/c1-3-12-11(9-18(2)17-12)13(19)16-14(10-15)7-5-4-6-8-14/h9H,3-8,10H2,1-2H3,(H,16,19). The predicted octanol–water partition coefficient (Wildman–Crippen LogP) is 2.81. The van der Waals surface area contributed by atoms with Crippen molar-refractivity contribution in [3.8, 4) is 0 Å². The lowest BCUT2D eigenvalue weighted by Gasteiger charge is -2.36. The number of amides is 1. The number of hydrogen-bond acceptors (Lipinski definition) is 2. The first-order valence-corrected chi connectivity index (χ1v) is 8.13. The molecule has 1 saturated carbocycles. The fraction of sp³-hybridized carbons (Fsp3) is 0.714. The Bertz CT molecular complexity index is 450. The molecule has 106 valence electrons. The first-order chi connectivity index (χ1) is 9.10. The second-order valence-electron chi connectivity index (χ2n) is 5.45. The molecule has 4 nitrogen and oxygen atoms in total. The minimum Gasteiger partial charge on any atom is -0.346 e. The Kier molecular flexibility index (Phi) is 4.66. The van der Waals surface area contributed by atoms with Gasteiger partial charge in [-0.05, 0) is 19.3 Å². The number of aromatic nitrogens is 2. The van der Waals surface area contributed by atoms with E-state index in [0.29, 0.717) is 0 Å². The number of rotatable bonds is 4. The third-order valence-electron chi connectivity index (χ3n) is 3.93. The Hall–Kier alpha value is -0.840. The molecule has 1 aromatic heterocycles. The van der Waals surface area contributed by atoms with Crippen LogP contribution in [0.4, 0.5) is 0 Å². The van der Waals surface area contributed by atoms with Crippen molar-refractivity contribution in [2.75, 3.05) is 5.33 Å². The summed E-state index contributed by atoms with van der Waals surface area (Å²) in [5.41, 5.74) is 1.52. The van der Waals surface area contributed by atoms with Gasteiger partial charge in [-0.1, -0.05) is 42.1 Å². The fourth-order valence-corrected chi connectivity index (χ4v) is 3.52. The zero-order chi connectivity index (χ0) is 13.9. The van der Waals surface area contributed by atoms with Crippen molar-refractivity contribution in [3.63, 3.8) is 0 Å². The first kappa shape index (κ1) is 14.6. The van der Waals surface area contributed by atoms with Crippen LogP contribution in [0.5, 0.6) is 0 Å². The highest BCUT2D eigenvalue weighted by molar-refractivity contribution is 9.09. The van der Waals surface area contributed by atoms with Gasteiger partial charge in [-0.15, -0.1) is 0 Å². The maximum Gasteiger partial charge on any atom is 0.255 e. The van der Waals surface area contributed by atoms with Crippen LogP contribution in [0.25, 0.3) is 0 Å². The van der Waals surface area contributed by atoms with E-state index in [1.807, 2.05) is 20.2 Å². The molecule has 1 fully saturated rings. The van der Waals surface area contributed by atoms with E-state index in [2.05, 4.69) is 26.3 Å².